The summed E-state index contributed by atoms with van der Waals surface area (Å²) in [5.41, 5.74) is 3.33. The molecule has 2 heterocycles. The van der Waals surface area contributed by atoms with Crippen LogP contribution in [0.25, 0.3) is 0 Å². The minimum atomic E-state index is -0.572. The van der Waals surface area contributed by atoms with Gasteiger partial charge in [-0.15, -0.1) is 0 Å². The molecule has 5 rings (SSSR count). The molecule has 11 nitrogen and oxygen atoms in total. The first kappa shape index (κ1) is 33.5. The maximum atomic E-state index is 14.1. The van der Waals surface area contributed by atoms with E-state index in [1.54, 1.807) is 31.4 Å². The number of aromatic nitrogens is 2. The van der Waals surface area contributed by atoms with Crippen LogP contribution in [-0.2, 0) is 0 Å². The average Bonchev–Trinajstić information content (AvgIpc) is 3.09. The van der Waals surface area contributed by atoms with Gasteiger partial charge in [0.15, 0.2) is 11.5 Å². The molecule has 11 heteroatoms. The van der Waals surface area contributed by atoms with Crippen LogP contribution in [0.1, 0.15) is 22.7 Å². The van der Waals surface area contributed by atoms with Crippen LogP contribution in [0.2, 0.25) is 0 Å². The number of hydrogen-bond donors (Lipinski definition) is 1. The average molecular weight is 641 g/mol. The molecule has 0 spiro atoms. The van der Waals surface area contributed by atoms with E-state index in [0.29, 0.717) is 42.0 Å². The summed E-state index contributed by atoms with van der Waals surface area (Å²) in [6.07, 6.45) is 2.45. The number of rotatable bonds is 13. The lowest BCUT2D eigenvalue weighted by Crippen LogP contribution is -2.45. The second kappa shape index (κ2) is 16.1. The second-order valence-corrected chi connectivity index (χ2v) is 11.6. The van der Waals surface area contributed by atoms with Crippen molar-refractivity contribution in [1.82, 2.24) is 19.8 Å². The second-order valence-electron chi connectivity index (χ2n) is 11.6. The maximum Gasteiger partial charge on any atom is 0.421 e. The van der Waals surface area contributed by atoms with Gasteiger partial charge in [-0.1, -0.05) is 30.3 Å². The Kier molecular flexibility index (Phi) is 11.5. The number of likely N-dealkylation sites (N-methyl/N-ethyl adjacent to an activating group) is 1. The number of nitrogens with zero attached hydrogens (tertiary/aromatic N) is 5. The molecule has 3 aromatic carbocycles. The number of nitrogens with one attached hydrogen (secondary N) is 1. The number of anilines is 2. The molecule has 0 aliphatic carbocycles. The van der Waals surface area contributed by atoms with Gasteiger partial charge in [-0.3, -0.25) is 9.80 Å². The molecule has 1 aliphatic rings. The number of carbonyl (C=O) groups excluding carboxylic acids is 1. The lowest BCUT2D eigenvalue weighted by Gasteiger charge is -2.32. The number of amides is 1. The number of methoxy groups -OCH3 is 2. The molecular formula is C36H44N6O5. The summed E-state index contributed by atoms with van der Waals surface area (Å²) in [4.78, 5) is 28.9. The smallest absolute Gasteiger partial charge is 0.421 e. The van der Waals surface area contributed by atoms with Crippen molar-refractivity contribution >= 4 is 17.6 Å². The minimum Gasteiger partial charge on any atom is -0.497 e. The summed E-state index contributed by atoms with van der Waals surface area (Å²) in [7, 11) is 5.40. The summed E-state index contributed by atoms with van der Waals surface area (Å²) >= 11 is 0. The molecular weight excluding hydrogens is 596 g/mol. The fourth-order valence-electron chi connectivity index (χ4n) is 5.58. The molecule has 248 valence electrons. The van der Waals surface area contributed by atoms with Gasteiger partial charge in [-0.25, -0.2) is 14.8 Å². The van der Waals surface area contributed by atoms with Crippen LogP contribution in [0.4, 0.5) is 16.3 Å². The zero-order chi connectivity index (χ0) is 33.2. The lowest BCUT2D eigenvalue weighted by atomic mass is 10.0. The third-order valence-electron chi connectivity index (χ3n) is 8.32. The normalized spacial score (nSPS) is 14.2. The zero-order valence-electron chi connectivity index (χ0n) is 27.8. The van der Waals surface area contributed by atoms with Crippen LogP contribution in [0.15, 0.2) is 79.3 Å². The first-order chi connectivity index (χ1) is 22.9. The van der Waals surface area contributed by atoms with Gasteiger partial charge < -0.3 is 29.2 Å². The Hall–Kier alpha value is -4.87. The van der Waals surface area contributed by atoms with Gasteiger partial charge in [0.05, 0.1) is 20.3 Å². The zero-order valence-corrected chi connectivity index (χ0v) is 27.8. The number of piperazine rings is 1. The summed E-state index contributed by atoms with van der Waals surface area (Å²) in [6, 6.07) is 20.3. The highest BCUT2D eigenvalue weighted by atomic mass is 16.6. The number of aryl methyl sites for hydroxylation is 2. The highest BCUT2D eigenvalue weighted by Gasteiger charge is 2.31. The predicted molar refractivity (Wildman–Crippen MR) is 183 cm³/mol. The van der Waals surface area contributed by atoms with Gasteiger partial charge in [0.1, 0.15) is 30.3 Å². The van der Waals surface area contributed by atoms with Gasteiger partial charge in [-0.05, 0) is 67.9 Å². The van der Waals surface area contributed by atoms with Crippen molar-refractivity contribution in [2.24, 2.45) is 0 Å². The summed E-state index contributed by atoms with van der Waals surface area (Å²) in [5, 5.41) is 3.50. The van der Waals surface area contributed by atoms with Gasteiger partial charge in [0.2, 0.25) is 0 Å². The number of ether oxygens (including phenoxy) is 4. The van der Waals surface area contributed by atoms with Gasteiger partial charge in [-0.2, -0.15) is 0 Å². The molecule has 1 N–H and O–H groups in total. The Bertz CT molecular complexity index is 1590. The van der Waals surface area contributed by atoms with E-state index in [1.165, 1.54) is 6.33 Å². The van der Waals surface area contributed by atoms with E-state index < -0.39 is 12.1 Å². The highest BCUT2D eigenvalue weighted by molar-refractivity contribution is 5.89. The molecule has 1 saturated heterocycles. The fraction of sp³-hybridized carbons (Fsp3) is 0.361. The molecule has 1 aliphatic heterocycles. The van der Waals surface area contributed by atoms with Crippen LogP contribution in [0.5, 0.6) is 23.0 Å². The van der Waals surface area contributed by atoms with Crippen molar-refractivity contribution in [2.75, 3.05) is 77.4 Å². The van der Waals surface area contributed by atoms with E-state index in [1.807, 2.05) is 74.5 Å². The Labute approximate surface area is 277 Å². The quantitative estimate of drug-likeness (QED) is 0.199. The van der Waals surface area contributed by atoms with Crippen LogP contribution >= 0.6 is 0 Å². The minimum absolute atomic E-state index is 0.311. The van der Waals surface area contributed by atoms with E-state index in [0.717, 1.165) is 55.1 Å². The third kappa shape index (κ3) is 8.69. The largest absolute Gasteiger partial charge is 0.497 e. The van der Waals surface area contributed by atoms with Crippen molar-refractivity contribution in [1.29, 1.82) is 0 Å². The van der Waals surface area contributed by atoms with E-state index in [2.05, 4.69) is 32.1 Å². The summed E-state index contributed by atoms with van der Waals surface area (Å²) in [5.74, 6) is 2.87. The van der Waals surface area contributed by atoms with Crippen LogP contribution in [-0.4, -0.2) is 93.0 Å². The highest BCUT2D eigenvalue weighted by Crippen LogP contribution is 2.33. The molecule has 0 unspecified atom stereocenters. The molecule has 1 aromatic heterocycles. The van der Waals surface area contributed by atoms with Crippen molar-refractivity contribution in [3.8, 4) is 23.0 Å². The molecule has 1 amide bonds. The first-order valence-electron chi connectivity index (χ1n) is 15.8. The third-order valence-corrected chi connectivity index (χ3v) is 8.32. The predicted octanol–water partition coefficient (Wildman–Crippen LogP) is 5.60. The summed E-state index contributed by atoms with van der Waals surface area (Å²) < 4.78 is 23.4. The van der Waals surface area contributed by atoms with Gasteiger partial charge >= 0.3 is 6.09 Å². The van der Waals surface area contributed by atoms with E-state index in [9.17, 15) is 4.79 Å². The number of benzene rings is 3. The molecule has 0 saturated carbocycles. The molecule has 0 bridgehead atoms. The number of para-hydroxylation sites is 1. The molecule has 0 radical (unpaired) electrons. The first-order valence-corrected chi connectivity index (χ1v) is 15.8. The van der Waals surface area contributed by atoms with Crippen molar-refractivity contribution in [3.63, 3.8) is 0 Å². The Morgan fingerprint density at radius 3 is 2.40 bits per heavy atom. The molecule has 1 atom stereocenters. The molecule has 47 heavy (non-hydrogen) atoms. The molecule has 4 aromatic rings. The van der Waals surface area contributed by atoms with E-state index in [-0.39, 0.29) is 0 Å². The van der Waals surface area contributed by atoms with E-state index >= 15 is 0 Å². The Balaban J connectivity index is 1.39. The number of hydrogen-bond acceptors (Lipinski definition) is 10. The Morgan fingerprint density at radius 1 is 0.936 bits per heavy atom. The van der Waals surface area contributed by atoms with Crippen LogP contribution in [0.3, 0.4) is 0 Å². The SMILES string of the molecule is COc1cccc([C@@H](CNc2ccc(OCCN3CCN(C)CC3)c(OC)c2)N(C(=O)Oc2c(C)cccc2C)c2ccncn2)c1. The lowest BCUT2D eigenvalue weighted by molar-refractivity contribution is 0.133. The van der Waals surface area contributed by atoms with Crippen LogP contribution < -0.4 is 29.2 Å². The monoisotopic (exact) mass is 640 g/mol. The van der Waals surface area contributed by atoms with Crippen LogP contribution in [0, 0.1) is 13.8 Å². The van der Waals surface area contributed by atoms with E-state index in [4.69, 9.17) is 18.9 Å². The Morgan fingerprint density at radius 2 is 1.70 bits per heavy atom. The fourth-order valence-corrected chi connectivity index (χ4v) is 5.58. The molecule has 1 fully saturated rings. The summed E-state index contributed by atoms with van der Waals surface area (Å²) in [6.45, 7) is 9.79. The van der Waals surface area contributed by atoms with Crippen molar-refractivity contribution < 1.29 is 23.7 Å². The maximum absolute atomic E-state index is 14.1. The number of carbonyl (C=O) groups is 1. The van der Waals surface area contributed by atoms with Crippen molar-refractivity contribution in [3.05, 3.63) is 95.9 Å². The van der Waals surface area contributed by atoms with Crippen molar-refractivity contribution in [2.45, 2.75) is 19.9 Å². The van der Waals surface area contributed by atoms with Gasteiger partial charge in [0, 0.05) is 57.2 Å². The van der Waals surface area contributed by atoms with Gasteiger partial charge in [0.25, 0.3) is 0 Å². The topological polar surface area (TPSA) is 102 Å². The standard InChI is InChI=1S/C36H44N6O5/c1-26-8-6-9-27(2)35(26)47-36(43)42(34-14-15-37-25-39-34)31(28-10-7-11-30(22-28)44-4)24-38-29-12-13-32(33(23-29)45-5)46-21-20-41-18-16-40(3)17-19-41/h6-15,22-23,25,31,38H,16-21,24H2,1-5H3/t31-/m1/s1.